The van der Waals surface area contributed by atoms with Crippen molar-refractivity contribution in [2.45, 2.75) is 24.3 Å². The van der Waals surface area contributed by atoms with Crippen molar-refractivity contribution in [2.75, 3.05) is 19.8 Å². The first-order valence-corrected chi connectivity index (χ1v) is 5.96. The van der Waals surface area contributed by atoms with E-state index in [9.17, 15) is 8.42 Å². The topological polar surface area (TPSA) is 72.6 Å². The van der Waals surface area contributed by atoms with Crippen LogP contribution in [0.25, 0.3) is 0 Å². The van der Waals surface area contributed by atoms with Gasteiger partial charge in [0.25, 0.3) is 0 Å². The van der Waals surface area contributed by atoms with Gasteiger partial charge in [-0.05, 0) is 12.8 Å². The van der Waals surface area contributed by atoms with E-state index in [0.717, 1.165) is 12.8 Å². The maximum Gasteiger partial charge on any atom is 0.218 e. The first kappa shape index (κ1) is 9.39. The summed E-state index contributed by atoms with van der Waals surface area (Å²) in [6, 6.07) is 0. The van der Waals surface area contributed by atoms with Crippen molar-refractivity contribution in [1.82, 2.24) is 4.31 Å². The summed E-state index contributed by atoms with van der Waals surface area (Å²) < 4.78 is 30.0. The normalized spacial score (nSPS) is 31.9. The Bertz CT molecular complexity index is 286. The number of nitrogens with zero attached hydrogens (tertiary/aromatic N) is 1. The van der Waals surface area contributed by atoms with Gasteiger partial charge < -0.3 is 10.5 Å². The van der Waals surface area contributed by atoms with Crippen molar-refractivity contribution in [3.8, 4) is 0 Å². The average Bonchev–Trinajstić information content (AvgIpc) is 2.86. The second-order valence-electron chi connectivity index (χ2n) is 3.50. The molecule has 0 bridgehead atoms. The van der Waals surface area contributed by atoms with Crippen molar-refractivity contribution in [1.29, 1.82) is 0 Å². The number of sulfonamides is 1. The minimum absolute atomic E-state index is 0.170. The van der Waals surface area contributed by atoms with Gasteiger partial charge in [-0.1, -0.05) is 0 Å². The largest absolute Gasteiger partial charge is 0.377 e. The Morgan fingerprint density at radius 3 is 2.62 bits per heavy atom. The zero-order chi connectivity index (χ0) is 9.47. The van der Waals surface area contributed by atoms with Crippen LogP contribution < -0.4 is 5.73 Å². The van der Waals surface area contributed by atoms with Crippen LogP contribution in [0.15, 0.2) is 0 Å². The molecule has 1 saturated heterocycles. The van der Waals surface area contributed by atoms with Crippen LogP contribution in [0.2, 0.25) is 0 Å². The number of nitrogens with two attached hydrogens (primary N) is 1. The second kappa shape index (κ2) is 3.20. The molecular weight excluding hydrogens is 192 g/mol. The van der Waals surface area contributed by atoms with E-state index < -0.39 is 16.2 Å². The fraction of sp³-hybridized carbons (Fsp3) is 1.00. The lowest BCUT2D eigenvalue weighted by atomic mass is 10.4. The summed E-state index contributed by atoms with van der Waals surface area (Å²) in [5, 5.41) is -0.170. The molecule has 13 heavy (non-hydrogen) atoms. The molecule has 2 N–H and O–H groups in total. The molecule has 0 aromatic heterocycles. The van der Waals surface area contributed by atoms with Gasteiger partial charge in [0.2, 0.25) is 10.0 Å². The third-order valence-corrected chi connectivity index (χ3v) is 4.81. The molecule has 0 amide bonds. The van der Waals surface area contributed by atoms with Gasteiger partial charge >= 0.3 is 0 Å². The molecule has 2 rings (SSSR count). The highest BCUT2D eigenvalue weighted by atomic mass is 32.2. The number of hydrogen-bond acceptors (Lipinski definition) is 4. The third kappa shape index (κ3) is 1.71. The molecule has 0 spiro atoms. The molecule has 1 unspecified atom stereocenters. The zero-order valence-electron chi connectivity index (χ0n) is 7.35. The molecule has 1 saturated carbocycles. The smallest absolute Gasteiger partial charge is 0.218 e. The molecule has 0 aromatic rings. The molecule has 6 heteroatoms. The molecule has 76 valence electrons. The van der Waals surface area contributed by atoms with E-state index in [1.165, 1.54) is 4.31 Å². The third-order valence-electron chi connectivity index (χ3n) is 2.39. The lowest BCUT2D eigenvalue weighted by Gasteiger charge is -2.31. The number of morpholine rings is 1. The van der Waals surface area contributed by atoms with Gasteiger partial charge in [-0.25, -0.2) is 8.42 Å². The maximum atomic E-state index is 11.7. The Morgan fingerprint density at radius 2 is 2.08 bits per heavy atom. The number of rotatable bonds is 2. The molecule has 1 aliphatic heterocycles. The fourth-order valence-electron chi connectivity index (χ4n) is 1.48. The standard InChI is InChI=1S/C7H14N2O3S/c8-7-5-12-4-3-9(7)13(10,11)6-1-2-6/h6-7H,1-5,8H2. The highest BCUT2D eigenvalue weighted by Gasteiger charge is 2.42. The molecule has 0 aromatic carbocycles. The Labute approximate surface area is 77.9 Å². The van der Waals surface area contributed by atoms with E-state index in [2.05, 4.69) is 0 Å². The first-order chi connectivity index (χ1) is 6.12. The van der Waals surface area contributed by atoms with Crippen molar-refractivity contribution in [3.05, 3.63) is 0 Å². The van der Waals surface area contributed by atoms with Crippen LogP contribution in [-0.2, 0) is 14.8 Å². The molecule has 5 nitrogen and oxygen atoms in total. The summed E-state index contributed by atoms with van der Waals surface area (Å²) in [5.74, 6) is 0. The maximum absolute atomic E-state index is 11.7. The predicted molar refractivity (Wildman–Crippen MR) is 47.4 cm³/mol. The molecule has 0 radical (unpaired) electrons. The molecule has 1 aliphatic carbocycles. The summed E-state index contributed by atoms with van der Waals surface area (Å²) in [6.45, 7) is 1.17. The molecule has 1 atom stereocenters. The zero-order valence-corrected chi connectivity index (χ0v) is 8.16. The number of ether oxygens (including phenoxy) is 1. The van der Waals surface area contributed by atoms with Gasteiger partial charge in [0.05, 0.1) is 24.6 Å². The van der Waals surface area contributed by atoms with E-state index in [1.807, 2.05) is 0 Å². The quantitative estimate of drug-likeness (QED) is 0.635. The minimum atomic E-state index is -3.11. The van der Waals surface area contributed by atoms with E-state index >= 15 is 0 Å². The van der Waals surface area contributed by atoms with Crippen LogP contribution >= 0.6 is 0 Å². The van der Waals surface area contributed by atoms with E-state index in [1.54, 1.807) is 0 Å². The Kier molecular flexibility index (Phi) is 2.31. The van der Waals surface area contributed by atoms with Crippen LogP contribution in [0.4, 0.5) is 0 Å². The van der Waals surface area contributed by atoms with E-state index in [4.69, 9.17) is 10.5 Å². The van der Waals surface area contributed by atoms with Crippen molar-refractivity contribution < 1.29 is 13.2 Å². The average molecular weight is 206 g/mol. The fourth-order valence-corrected chi connectivity index (χ4v) is 3.36. The second-order valence-corrected chi connectivity index (χ2v) is 5.66. The minimum Gasteiger partial charge on any atom is -0.377 e. The van der Waals surface area contributed by atoms with Gasteiger partial charge in [-0.2, -0.15) is 4.31 Å². The highest BCUT2D eigenvalue weighted by molar-refractivity contribution is 7.90. The number of hydrogen-bond donors (Lipinski definition) is 1. The van der Waals surface area contributed by atoms with Gasteiger partial charge in [0, 0.05) is 6.54 Å². The Hall–Kier alpha value is -0.170. The Morgan fingerprint density at radius 1 is 1.38 bits per heavy atom. The van der Waals surface area contributed by atoms with Gasteiger partial charge in [-0.15, -0.1) is 0 Å². The monoisotopic (exact) mass is 206 g/mol. The predicted octanol–water partition coefficient (Wildman–Crippen LogP) is -0.904. The first-order valence-electron chi connectivity index (χ1n) is 4.46. The van der Waals surface area contributed by atoms with Gasteiger partial charge in [-0.3, -0.25) is 0 Å². The van der Waals surface area contributed by atoms with E-state index in [0.29, 0.717) is 19.8 Å². The summed E-state index contributed by atoms with van der Waals surface area (Å²) in [5.41, 5.74) is 5.65. The molecule has 2 aliphatic rings. The SMILES string of the molecule is NC1COCCN1S(=O)(=O)C1CC1. The van der Waals surface area contributed by atoms with E-state index in [-0.39, 0.29) is 5.25 Å². The summed E-state index contributed by atoms with van der Waals surface area (Å²) >= 11 is 0. The summed E-state index contributed by atoms with van der Waals surface area (Å²) in [4.78, 5) is 0. The van der Waals surface area contributed by atoms with Gasteiger partial charge in [0.1, 0.15) is 0 Å². The van der Waals surface area contributed by atoms with Crippen LogP contribution in [0.3, 0.4) is 0 Å². The van der Waals surface area contributed by atoms with Crippen LogP contribution in [0.5, 0.6) is 0 Å². The molecule has 2 fully saturated rings. The lowest BCUT2D eigenvalue weighted by molar-refractivity contribution is 0.0349. The lowest BCUT2D eigenvalue weighted by Crippen LogP contribution is -2.54. The highest BCUT2D eigenvalue weighted by Crippen LogP contribution is 2.31. The van der Waals surface area contributed by atoms with Gasteiger partial charge in [0.15, 0.2) is 0 Å². The van der Waals surface area contributed by atoms with Crippen LogP contribution in [-0.4, -0.2) is 43.9 Å². The molecule has 1 heterocycles. The van der Waals surface area contributed by atoms with Crippen molar-refractivity contribution >= 4 is 10.0 Å². The van der Waals surface area contributed by atoms with Crippen LogP contribution in [0.1, 0.15) is 12.8 Å². The Balaban J connectivity index is 2.13. The molecular formula is C7H14N2O3S. The van der Waals surface area contributed by atoms with Crippen LogP contribution in [0, 0.1) is 0 Å². The summed E-state index contributed by atoms with van der Waals surface area (Å²) in [6.07, 6.45) is 1.08. The van der Waals surface area contributed by atoms with Crippen molar-refractivity contribution in [3.63, 3.8) is 0 Å². The van der Waals surface area contributed by atoms with Crippen molar-refractivity contribution in [2.24, 2.45) is 5.73 Å². The summed E-state index contributed by atoms with van der Waals surface area (Å²) in [7, 11) is -3.11.